The third-order valence-corrected chi connectivity index (χ3v) is 9.25. The van der Waals surface area contributed by atoms with Gasteiger partial charge in [-0.1, -0.05) is 17.7 Å². The van der Waals surface area contributed by atoms with Gasteiger partial charge in [-0.2, -0.15) is 5.10 Å². The van der Waals surface area contributed by atoms with Crippen LogP contribution in [0.15, 0.2) is 35.3 Å². The molecule has 1 aliphatic carbocycles. The van der Waals surface area contributed by atoms with E-state index in [0.717, 1.165) is 18.2 Å². The Labute approximate surface area is 258 Å². The summed E-state index contributed by atoms with van der Waals surface area (Å²) in [6, 6.07) is 6.36. The molecule has 1 amide bonds. The summed E-state index contributed by atoms with van der Waals surface area (Å²) in [6.45, 7) is 4.36. The highest BCUT2D eigenvalue weighted by Gasteiger charge is 2.48. The summed E-state index contributed by atoms with van der Waals surface area (Å²) in [5.41, 5.74) is 2.43. The number of sulfonamides is 1. The number of anilines is 2. The first kappa shape index (κ1) is 30.0. The SMILES string of the molecule is Cc1cc([C@@H](C)Nc2ccc(Cl)nc2C(=O)NS(C)(=O)=O)c2nc(N3C[C@H]4C[C@@H]3C[C@H]4c3nn(C)cc3F)n(C)c(=O)c2c1. The molecule has 2 N–H and O–H groups in total. The molecule has 1 aliphatic heterocycles. The van der Waals surface area contributed by atoms with Gasteiger partial charge < -0.3 is 10.2 Å². The summed E-state index contributed by atoms with van der Waals surface area (Å²) in [6.07, 6.45) is 3.84. The number of carbonyl (C=O) groups is 1. The standard InChI is InChI=1S/C29H32ClFN8O4S/c1-14-8-18(15(2)32-22-6-7-23(30)33-26(22)27(40)36-44(5,42)43)24-20(9-14)28(41)38(4)29(34-24)39-12-16-10-17(39)11-19(16)25-21(31)13-37(3)35-25/h6-9,13,15-17,19,32H,10-12H2,1-5H3,(H,36,40)/t15-,16-,17-,19-/m1/s1. The highest BCUT2D eigenvalue weighted by Crippen LogP contribution is 2.48. The summed E-state index contributed by atoms with van der Waals surface area (Å²) < 4.78 is 43.0. The van der Waals surface area contributed by atoms with E-state index in [-0.39, 0.29) is 45.8 Å². The Morgan fingerprint density at radius 1 is 1.18 bits per heavy atom. The first-order valence-corrected chi connectivity index (χ1v) is 16.4. The lowest BCUT2D eigenvalue weighted by Crippen LogP contribution is -2.39. The molecule has 4 aromatic rings. The maximum atomic E-state index is 14.5. The van der Waals surface area contributed by atoms with Gasteiger partial charge in [0.1, 0.15) is 10.8 Å². The smallest absolute Gasteiger partial charge is 0.285 e. The van der Waals surface area contributed by atoms with Gasteiger partial charge in [0.25, 0.3) is 11.5 Å². The Morgan fingerprint density at radius 3 is 2.57 bits per heavy atom. The predicted molar refractivity (Wildman–Crippen MR) is 165 cm³/mol. The van der Waals surface area contributed by atoms with E-state index in [2.05, 4.69) is 20.3 Å². The second kappa shape index (κ2) is 10.8. The average Bonchev–Trinajstić information content (AvgIpc) is 3.64. The van der Waals surface area contributed by atoms with Crippen LogP contribution in [-0.4, -0.2) is 57.5 Å². The van der Waals surface area contributed by atoms with E-state index in [4.69, 9.17) is 16.6 Å². The number of rotatable bonds is 7. The molecular formula is C29H32ClFN8O4S. The zero-order chi connectivity index (χ0) is 31.7. The average molecular weight is 643 g/mol. The van der Waals surface area contributed by atoms with Crippen molar-refractivity contribution in [2.45, 2.75) is 44.7 Å². The van der Waals surface area contributed by atoms with Gasteiger partial charge in [0.05, 0.1) is 35.1 Å². The van der Waals surface area contributed by atoms with Crippen molar-refractivity contribution >= 4 is 50.1 Å². The largest absolute Gasteiger partial charge is 0.377 e. The van der Waals surface area contributed by atoms with Gasteiger partial charge in [-0.15, -0.1) is 0 Å². The third-order valence-electron chi connectivity index (χ3n) is 8.48. The molecule has 232 valence electrons. The van der Waals surface area contributed by atoms with Crippen LogP contribution in [0.1, 0.15) is 59.0 Å². The fourth-order valence-electron chi connectivity index (χ4n) is 6.64. The lowest BCUT2D eigenvalue weighted by atomic mass is 9.91. The van der Waals surface area contributed by atoms with Crippen LogP contribution in [0.25, 0.3) is 10.9 Å². The van der Waals surface area contributed by atoms with E-state index < -0.39 is 22.0 Å². The van der Waals surface area contributed by atoms with Gasteiger partial charge in [-0.05, 0) is 56.4 Å². The van der Waals surface area contributed by atoms with E-state index in [1.54, 1.807) is 30.8 Å². The number of aryl methyl sites for hydroxylation is 2. The van der Waals surface area contributed by atoms with Crippen molar-refractivity contribution in [1.29, 1.82) is 0 Å². The monoisotopic (exact) mass is 642 g/mol. The molecule has 1 aromatic carbocycles. The Kier molecular flexibility index (Phi) is 7.39. The summed E-state index contributed by atoms with van der Waals surface area (Å²) in [5, 5.41) is 8.08. The number of nitrogens with one attached hydrogen (secondary N) is 2. The number of pyridine rings is 1. The van der Waals surface area contributed by atoms with Gasteiger partial charge in [-0.3, -0.25) is 18.8 Å². The first-order valence-electron chi connectivity index (χ1n) is 14.1. The van der Waals surface area contributed by atoms with Crippen LogP contribution < -0.4 is 20.5 Å². The van der Waals surface area contributed by atoms with Gasteiger partial charge in [0.2, 0.25) is 16.0 Å². The maximum Gasteiger partial charge on any atom is 0.285 e. The van der Waals surface area contributed by atoms with E-state index in [9.17, 15) is 22.4 Å². The molecule has 2 bridgehead atoms. The number of benzene rings is 1. The molecule has 1 saturated heterocycles. The summed E-state index contributed by atoms with van der Waals surface area (Å²) in [7, 11) is -0.424. The molecule has 0 radical (unpaired) electrons. The number of halogens is 2. The minimum Gasteiger partial charge on any atom is -0.377 e. The molecule has 44 heavy (non-hydrogen) atoms. The van der Waals surface area contributed by atoms with Crippen molar-refractivity contribution in [3.05, 3.63) is 74.3 Å². The zero-order valence-electron chi connectivity index (χ0n) is 24.8. The van der Waals surface area contributed by atoms with Crippen molar-refractivity contribution in [3.8, 4) is 0 Å². The van der Waals surface area contributed by atoms with E-state index >= 15 is 0 Å². The predicted octanol–water partition coefficient (Wildman–Crippen LogP) is 3.41. The first-order chi connectivity index (χ1) is 20.7. The molecule has 3 aromatic heterocycles. The van der Waals surface area contributed by atoms with Crippen molar-refractivity contribution in [2.24, 2.45) is 20.0 Å². The number of fused-ring (bicyclic) bond motifs is 3. The normalized spacial score (nSPS) is 20.3. The second-order valence-corrected chi connectivity index (χ2v) is 13.9. The third kappa shape index (κ3) is 5.40. The van der Waals surface area contributed by atoms with Crippen LogP contribution in [0.3, 0.4) is 0 Å². The minimum atomic E-state index is -3.85. The number of piperidine rings is 1. The Balaban J connectivity index is 1.35. The van der Waals surface area contributed by atoms with Crippen molar-refractivity contribution < 1.29 is 17.6 Å². The maximum absolute atomic E-state index is 14.5. The molecular weight excluding hydrogens is 611 g/mol. The van der Waals surface area contributed by atoms with Crippen LogP contribution >= 0.6 is 11.6 Å². The van der Waals surface area contributed by atoms with E-state index in [0.29, 0.717) is 41.1 Å². The number of aromatic nitrogens is 5. The molecule has 2 fully saturated rings. The van der Waals surface area contributed by atoms with Gasteiger partial charge in [0, 0.05) is 38.2 Å². The number of hydrogen-bond acceptors (Lipinski definition) is 9. The molecule has 4 heterocycles. The van der Waals surface area contributed by atoms with Crippen molar-refractivity contribution in [1.82, 2.24) is 29.0 Å². The number of amides is 1. The zero-order valence-corrected chi connectivity index (χ0v) is 26.4. The van der Waals surface area contributed by atoms with Crippen LogP contribution in [0.2, 0.25) is 5.15 Å². The number of hydrogen-bond donors (Lipinski definition) is 2. The van der Waals surface area contributed by atoms with Crippen LogP contribution in [-0.2, 0) is 24.1 Å². The summed E-state index contributed by atoms with van der Waals surface area (Å²) >= 11 is 6.03. The Bertz CT molecular complexity index is 2000. The van der Waals surface area contributed by atoms with Crippen LogP contribution in [0, 0.1) is 18.7 Å². The summed E-state index contributed by atoms with van der Waals surface area (Å²) in [5.74, 6) is -0.486. The van der Waals surface area contributed by atoms with Crippen LogP contribution in [0.5, 0.6) is 0 Å². The lowest BCUT2D eigenvalue weighted by molar-refractivity contribution is 0.0977. The molecule has 0 unspecified atom stereocenters. The van der Waals surface area contributed by atoms with Crippen molar-refractivity contribution in [2.75, 3.05) is 23.0 Å². The molecule has 0 spiro atoms. The summed E-state index contributed by atoms with van der Waals surface area (Å²) in [4.78, 5) is 37.7. The quantitative estimate of drug-likeness (QED) is 0.290. The Hall–Kier alpha value is -4.04. The molecule has 12 nitrogen and oxygen atoms in total. The fraction of sp³-hybridized carbons (Fsp3) is 0.414. The lowest BCUT2D eigenvalue weighted by Gasteiger charge is -2.33. The van der Waals surface area contributed by atoms with Gasteiger partial charge >= 0.3 is 0 Å². The van der Waals surface area contributed by atoms with Crippen LogP contribution in [0.4, 0.5) is 16.0 Å². The van der Waals surface area contributed by atoms with E-state index in [1.165, 1.54) is 16.9 Å². The van der Waals surface area contributed by atoms with Crippen molar-refractivity contribution in [3.63, 3.8) is 0 Å². The molecule has 1 saturated carbocycles. The fourth-order valence-corrected chi connectivity index (χ4v) is 7.22. The number of carbonyl (C=O) groups excluding carboxylic acids is 1. The second-order valence-electron chi connectivity index (χ2n) is 11.8. The van der Waals surface area contributed by atoms with E-state index in [1.807, 2.05) is 24.6 Å². The highest BCUT2D eigenvalue weighted by atomic mass is 35.5. The number of nitrogens with zero attached hydrogens (tertiary/aromatic N) is 6. The Morgan fingerprint density at radius 2 is 1.93 bits per heavy atom. The highest BCUT2D eigenvalue weighted by molar-refractivity contribution is 7.89. The molecule has 15 heteroatoms. The molecule has 6 rings (SSSR count). The molecule has 2 aliphatic rings. The molecule has 4 atom stereocenters. The minimum absolute atomic E-state index is 0.0134. The topological polar surface area (TPSA) is 144 Å². The van der Waals surface area contributed by atoms with Gasteiger partial charge in [-0.25, -0.2) is 27.5 Å². The van der Waals surface area contributed by atoms with Gasteiger partial charge in [0.15, 0.2) is 11.5 Å².